The number of nitrogens with two attached hydrogens (primary N) is 1. The molecule has 90 valence electrons. The van der Waals surface area contributed by atoms with E-state index in [1.165, 1.54) is 26.4 Å². The number of hydrogen-bond acceptors (Lipinski definition) is 3. The molecule has 3 nitrogen and oxygen atoms in total. The number of ether oxygens (including phenoxy) is 2. The highest BCUT2D eigenvalue weighted by atomic mass is 79.9. The van der Waals surface area contributed by atoms with Gasteiger partial charge >= 0.3 is 0 Å². The van der Waals surface area contributed by atoms with Gasteiger partial charge in [0.05, 0.1) is 20.3 Å². The Morgan fingerprint density at radius 2 is 1.62 bits per heavy atom. The SMILES string of the molecule is COc1cc([C@@H](N)C(F)F)cc(OC)c1Br. The lowest BCUT2D eigenvalue weighted by molar-refractivity contribution is 0.116. The monoisotopic (exact) mass is 295 g/mol. The maximum Gasteiger partial charge on any atom is 0.257 e. The van der Waals surface area contributed by atoms with Gasteiger partial charge < -0.3 is 15.2 Å². The Morgan fingerprint density at radius 1 is 1.19 bits per heavy atom. The third-order valence-corrected chi connectivity index (χ3v) is 2.91. The first-order chi connectivity index (χ1) is 7.51. The van der Waals surface area contributed by atoms with Crippen molar-refractivity contribution in [2.75, 3.05) is 14.2 Å². The molecule has 0 unspecified atom stereocenters. The van der Waals surface area contributed by atoms with Crippen LogP contribution in [0.3, 0.4) is 0 Å². The van der Waals surface area contributed by atoms with E-state index in [1.807, 2.05) is 0 Å². The average molecular weight is 296 g/mol. The highest BCUT2D eigenvalue weighted by Gasteiger charge is 2.20. The lowest BCUT2D eigenvalue weighted by Crippen LogP contribution is -2.19. The Labute approximate surface area is 101 Å². The zero-order valence-corrected chi connectivity index (χ0v) is 10.4. The second-order valence-corrected chi connectivity index (χ2v) is 3.89. The van der Waals surface area contributed by atoms with E-state index >= 15 is 0 Å². The second-order valence-electron chi connectivity index (χ2n) is 3.10. The summed E-state index contributed by atoms with van der Waals surface area (Å²) in [4.78, 5) is 0. The third kappa shape index (κ3) is 2.62. The van der Waals surface area contributed by atoms with Crippen molar-refractivity contribution in [1.82, 2.24) is 0 Å². The first-order valence-electron chi connectivity index (χ1n) is 4.46. The normalized spacial score (nSPS) is 12.7. The van der Waals surface area contributed by atoms with Gasteiger partial charge in [0.2, 0.25) is 0 Å². The van der Waals surface area contributed by atoms with E-state index in [1.54, 1.807) is 0 Å². The minimum atomic E-state index is -2.63. The first kappa shape index (κ1) is 13.2. The van der Waals surface area contributed by atoms with Crippen LogP contribution in [0.1, 0.15) is 11.6 Å². The van der Waals surface area contributed by atoms with Crippen LogP contribution in [0.4, 0.5) is 8.78 Å². The summed E-state index contributed by atoms with van der Waals surface area (Å²) in [5.41, 5.74) is 5.63. The quantitative estimate of drug-likeness (QED) is 0.929. The van der Waals surface area contributed by atoms with Crippen LogP contribution in [-0.4, -0.2) is 20.6 Å². The largest absolute Gasteiger partial charge is 0.495 e. The molecule has 2 N–H and O–H groups in total. The van der Waals surface area contributed by atoms with E-state index in [0.717, 1.165) is 0 Å². The Morgan fingerprint density at radius 3 is 1.94 bits per heavy atom. The number of hydrogen-bond donors (Lipinski definition) is 1. The van der Waals surface area contributed by atoms with Gasteiger partial charge in [-0.3, -0.25) is 0 Å². The summed E-state index contributed by atoms with van der Waals surface area (Å²) < 4.78 is 35.6. The summed E-state index contributed by atoms with van der Waals surface area (Å²) in [6.07, 6.45) is -2.63. The van der Waals surface area contributed by atoms with Crippen molar-refractivity contribution in [3.63, 3.8) is 0 Å². The molecule has 0 fully saturated rings. The molecule has 0 aliphatic carbocycles. The molecule has 0 bridgehead atoms. The van der Waals surface area contributed by atoms with Crippen molar-refractivity contribution in [3.05, 3.63) is 22.2 Å². The number of benzene rings is 1. The summed E-state index contributed by atoms with van der Waals surface area (Å²) in [6.45, 7) is 0. The molecule has 0 heterocycles. The van der Waals surface area contributed by atoms with Crippen LogP contribution < -0.4 is 15.2 Å². The molecule has 0 saturated carbocycles. The fraction of sp³-hybridized carbons (Fsp3) is 0.400. The average Bonchev–Trinajstić information content (AvgIpc) is 2.28. The molecule has 6 heteroatoms. The van der Waals surface area contributed by atoms with Gasteiger partial charge in [-0.1, -0.05) is 0 Å². The lowest BCUT2D eigenvalue weighted by Gasteiger charge is -2.15. The van der Waals surface area contributed by atoms with Crippen molar-refractivity contribution in [1.29, 1.82) is 0 Å². The smallest absolute Gasteiger partial charge is 0.257 e. The third-order valence-electron chi connectivity index (χ3n) is 2.12. The fourth-order valence-electron chi connectivity index (χ4n) is 1.23. The van der Waals surface area contributed by atoms with Crippen LogP contribution >= 0.6 is 15.9 Å². The van der Waals surface area contributed by atoms with Crippen LogP contribution in [0.2, 0.25) is 0 Å². The van der Waals surface area contributed by atoms with Gasteiger partial charge in [0.15, 0.2) is 0 Å². The summed E-state index contributed by atoms with van der Waals surface area (Å²) in [6, 6.07) is 1.57. The number of alkyl halides is 2. The van der Waals surface area contributed by atoms with E-state index in [2.05, 4.69) is 15.9 Å². The van der Waals surface area contributed by atoms with Crippen molar-refractivity contribution < 1.29 is 18.3 Å². The molecule has 0 aromatic heterocycles. The molecule has 0 saturated heterocycles. The van der Waals surface area contributed by atoms with Crippen molar-refractivity contribution in [2.24, 2.45) is 5.73 Å². The molecule has 1 aromatic rings. The topological polar surface area (TPSA) is 44.5 Å². The predicted molar refractivity (Wildman–Crippen MR) is 60.2 cm³/mol. The maximum atomic E-state index is 12.5. The maximum absolute atomic E-state index is 12.5. The fourth-order valence-corrected chi connectivity index (χ4v) is 1.78. The van der Waals surface area contributed by atoms with E-state index in [-0.39, 0.29) is 5.56 Å². The Kier molecular flexibility index (Phi) is 4.49. The van der Waals surface area contributed by atoms with Gasteiger partial charge in [0.25, 0.3) is 6.43 Å². The molecule has 1 rings (SSSR count). The molecule has 0 spiro atoms. The highest BCUT2D eigenvalue weighted by Crippen LogP contribution is 2.37. The van der Waals surface area contributed by atoms with Gasteiger partial charge in [-0.15, -0.1) is 0 Å². The van der Waals surface area contributed by atoms with Crippen molar-refractivity contribution >= 4 is 15.9 Å². The van der Waals surface area contributed by atoms with Gasteiger partial charge in [-0.2, -0.15) is 0 Å². The molecule has 1 atom stereocenters. The second kappa shape index (κ2) is 5.45. The lowest BCUT2D eigenvalue weighted by atomic mass is 10.1. The Bertz CT molecular complexity index is 349. The van der Waals surface area contributed by atoms with Crippen LogP contribution in [0, 0.1) is 0 Å². The summed E-state index contributed by atoms with van der Waals surface area (Å²) in [5.74, 6) is 0.816. The minimum absolute atomic E-state index is 0.270. The number of rotatable bonds is 4. The summed E-state index contributed by atoms with van der Waals surface area (Å²) in [5, 5.41) is 0. The van der Waals surface area contributed by atoms with E-state index in [9.17, 15) is 8.78 Å². The predicted octanol–water partition coefficient (Wildman–Crippen LogP) is 2.73. The van der Waals surface area contributed by atoms with Crippen molar-refractivity contribution in [2.45, 2.75) is 12.5 Å². The number of halogens is 3. The molecule has 0 aliphatic heterocycles. The van der Waals surface area contributed by atoms with E-state index in [0.29, 0.717) is 16.0 Å². The highest BCUT2D eigenvalue weighted by molar-refractivity contribution is 9.10. The minimum Gasteiger partial charge on any atom is -0.495 e. The molecule has 0 amide bonds. The zero-order valence-electron chi connectivity index (χ0n) is 8.84. The Hall–Kier alpha value is -0.880. The van der Waals surface area contributed by atoms with Gasteiger partial charge in [-0.25, -0.2) is 8.78 Å². The van der Waals surface area contributed by atoms with E-state index < -0.39 is 12.5 Å². The van der Waals surface area contributed by atoms with Crippen molar-refractivity contribution in [3.8, 4) is 11.5 Å². The van der Waals surface area contributed by atoms with Crippen LogP contribution in [0.5, 0.6) is 11.5 Å². The zero-order chi connectivity index (χ0) is 12.3. The molecule has 1 aromatic carbocycles. The molecule has 0 radical (unpaired) electrons. The Balaban J connectivity index is 3.21. The van der Waals surface area contributed by atoms with Gasteiger partial charge in [-0.05, 0) is 33.6 Å². The summed E-state index contributed by atoms with van der Waals surface area (Å²) in [7, 11) is 2.88. The standard InChI is InChI=1S/C10H12BrF2NO2/c1-15-6-3-5(9(14)10(12)13)4-7(16-2)8(6)11/h3-4,9-10H,14H2,1-2H3/t9-/m1/s1. The van der Waals surface area contributed by atoms with Crippen LogP contribution in [-0.2, 0) is 0 Å². The molecule has 16 heavy (non-hydrogen) atoms. The molecular weight excluding hydrogens is 284 g/mol. The van der Waals surface area contributed by atoms with Gasteiger partial charge in [0.1, 0.15) is 16.0 Å². The van der Waals surface area contributed by atoms with Crippen LogP contribution in [0.25, 0.3) is 0 Å². The van der Waals surface area contributed by atoms with Gasteiger partial charge in [0, 0.05) is 0 Å². The summed E-state index contributed by atoms with van der Waals surface area (Å²) >= 11 is 3.24. The van der Waals surface area contributed by atoms with Crippen LogP contribution in [0.15, 0.2) is 16.6 Å². The number of methoxy groups -OCH3 is 2. The van der Waals surface area contributed by atoms with E-state index in [4.69, 9.17) is 15.2 Å². The first-order valence-corrected chi connectivity index (χ1v) is 5.25. The molecule has 0 aliphatic rings. The molecular formula is C10H12BrF2NO2.